The Morgan fingerprint density at radius 1 is 1.27 bits per heavy atom. The van der Waals surface area contributed by atoms with Crippen molar-refractivity contribution < 1.29 is 9.31 Å². The van der Waals surface area contributed by atoms with Crippen molar-refractivity contribution in [3.63, 3.8) is 0 Å². The second kappa shape index (κ2) is 9.99. The van der Waals surface area contributed by atoms with Crippen LogP contribution in [0.5, 0.6) is 0 Å². The number of nitrogens with zero attached hydrogens (tertiary/aromatic N) is 3. The third kappa shape index (κ3) is 5.34. The number of anilines is 2. The number of aryl methyl sites for hydroxylation is 1. The number of nitrogens with two attached hydrogens (primary N) is 1. The average molecular weight is 437 g/mol. The molecule has 3 rings (SSSR count). The van der Waals surface area contributed by atoms with Gasteiger partial charge >= 0.3 is 5.69 Å². The second-order valence-electron chi connectivity index (χ2n) is 7.70. The van der Waals surface area contributed by atoms with E-state index < -0.39 is 10.7 Å². The lowest BCUT2D eigenvalue weighted by Gasteiger charge is -2.27. The molecule has 1 heterocycles. The molecule has 1 aromatic carbocycles. The molecule has 162 valence electrons. The molecule has 2 aromatic rings. The zero-order valence-electron chi connectivity index (χ0n) is 16.8. The van der Waals surface area contributed by atoms with Crippen LogP contribution in [0.15, 0.2) is 18.3 Å². The molecule has 10 heteroatoms. The van der Waals surface area contributed by atoms with E-state index in [1.165, 1.54) is 6.07 Å². The van der Waals surface area contributed by atoms with Crippen LogP contribution in [-0.4, -0.2) is 28.0 Å². The molecule has 0 saturated heterocycles. The molecule has 0 bridgehead atoms. The Hall–Kier alpha value is -2.52. The molecule has 0 amide bonds. The van der Waals surface area contributed by atoms with Crippen LogP contribution in [0.25, 0.3) is 0 Å². The summed E-state index contributed by atoms with van der Waals surface area (Å²) in [4.78, 5) is 19.1. The van der Waals surface area contributed by atoms with Gasteiger partial charge in [0, 0.05) is 18.7 Å². The maximum Gasteiger partial charge on any atom is 0.329 e. The molecular weight excluding hydrogens is 411 g/mol. The summed E-state index contributed by atoms with van der Waals surface area (Å²) in [7, 11) is 0. The molecular formula is C20H26ClFN6O2. The van der Waals surface area contributed by atoms with Gasteiger partial charge in [-0.2, -0.15) is 4.98 Å². The number of hydrogen-bond acceptors (Lipinski definition) is 7. The summed E-state index contributed by atoms with van der Waals surface area (Å²) in [5, 5.41) is 17.7. The Kier molecular flexibility index (Phi) is 7.38. The number of aromatic nitrogens is 2. The van der Waals surface area contributed by atoms with Gasteiger partial charge in [-0.25, -0.2) is 9.37 Å². The number of halogens is 2. The van der Waals surface area contributed by atoms with Crippen LogP contribution in [0.3, 0.4) is 0 Å². The van der Waals surface area contributed by atoms with Gasteiger partial charge < -0.3 is 16.4 Å². The molecule has 1 aromatic heterocycles. The summed E-state index contributed by atoms with van der Waals surface area (Å²) in [6, 6.07) is 2.95. The van der Waals surface area contributed by atoms with Gasteiger partial charge in [-0.3, -0.25) is 10.1 Å². The SMILES string of the molecule is Cc1ccc(F)c(CNc2ncc([N+](=O)[O-])c(NCC3CCC(CN)CC3)n2)c1Cl. The van der Waals surface area contributed by atoms with Gasteiger partial charge in [-0.1, -0.05) is 17.7 Å². The Morgan fingerprint density at radius 3 is 2.63 bits per heavy atom. The van der Waals surface area contributed by atoms with Crippen molar-refractivity contribution in [3.8, 4) is 0 Å². The van der Waals surface area contributed by atoms with Gasteiger partial charge in [0.1, 0.15) is 12.0 Å². The normalized spacial score (nSPS) is 18.8. The first-order valence-electron chi connectivity index (χ1n) is 10.0. The minimum absolute atomic E-state index is 0.0622. The Morgan fingerprint density at radius 2 is 1.97 bits per heavy atom. The highest BCUT2D eigenvalue weighted by Gasteiger charge is 2.23. The first-order valence-corrected chi connectivity index (χ1v) is 10.4. The largest absolute Gasteiger partial charge is 0.364 e. The zero-order chi connectivity index (χ0) is 21.7. The van der Waals surface area contributed by atoms with E-state index in [0.717, 1.165) is 37.4 Å². The highest BCUT2D eigenvalue weighted by molar-refractivity contribution is 6.32. The third-order valence-corrected chi connectivity index (χ3v) is 6.15. The van der Waals surface area contributed by atoms with Crippen molar-refractivity contribution in [2.75, 3.05) is 23.7 Å². The Labute approximate surface area is 179 Å². The highest BCUT2D eigenvalue weighted by atomic mass is 35.5. The minimum Gasteiger partial charge on any atom is -0.364 e. The first kappa shape index (κ1) is 22.2. The summed E-state index contributed by atoms with van der Waals surface area (Å²) in [6.07, 6.45) is 5.36. The topological polar surface area (TPSA) is 119 Å². The van der Waals surface area contributed by atoms with E-state index in [2.05, 4.69) is 20.6 Å². The van der Waals surface area contributed by atoms with E-state index >= 15 is 0 Å². The van der Waals surface area contributed by atoms with E-state index in [1.54, 1.807) is 13.0 Å². The fourth-order valence-corrected chi connectivity index (χ4v) is 3.90. The van der Waals surface area contributed by atoms with Crippen LogP contribution in [-0.2, 0) is 6.54 Å². The fraction of sp³-hybridized carbons (Fsp3) is 0.500. The van der Waals surface area contributed by atoms with Gasteiger partial charge in [0.15, 0.2) is 0 Å². The summed E-state index contributed by atoms with van der Waals surface area (Å²) >= 11 is 6.19. The lowest BCUT2D eigenvalue weighted by molar-refractivity contribution is -0.384. The molecule has 0 radical (unpaired) electrons. The Bertz CT molecular complexity index is 905. The van der Waals surface area contributed by atoms with E-state index in [9.17, 15) is 14.5 Å². The van der Waals surface area contributed by atoms with Gasteiger partial charge in [0.05, 0.1) is 9.95 Å². The lowest BCUT2D eigenvalue weighted by atomic mass is 9.82. The molecule has 1 saturated carbocycles. The van der Waals surface area contributed by atoms with E-state index in [0.29, 0.717) is 35.5 Å². The molecule has 0 unspecified atom stereocenters. The van der Waals surface area contributed by atoms with Crippen molar-refractivity contribution in [2.45, 2.75) is 39.2 Å². The molecule has 8 nitrogen and oxygen atoms in total. The van der Waals surface area contributed by atoms with Crippen LogP contribution in [0.1, 0.15) is 36.8 Å². The molecule has 30 heavy (non-hydrogen) atoms. The number of nitro groups is 1. The second-order valence-corrected chi connectivity index (χ2v) is 8.08. The van der Waals surface area contributed by atoms with Crippen molar-refractivity contribution in [1.82, 2.24) is 9.97 Å². The van der Waals surface area contributed by atoms with Gasteiger partial charge in [0.25, 0.3) is 0 Å². The molecule has 0 aliphatic heterocycles. The van der Waals surface area contributed by atoms with Crippen LogP contribution < -0.4 is 16.4 Å². The van der Waals surface area contributed by atoms with Gasteiger partial charge in [0.2, 0.25) is 11.8 Å². The molecule has 0 atom stereocenters. The molecule has 0 spiro atoms. The fourth-order valence-electron chi connectivity index (χ4n) is 3.68. The smallest absolute Gasteiger partial charge is 0.329 e. The van der Waals surface area contributed by atoms with Crippen LogP contribution in [0.4, 0.5) is 21.8 Å². The summed E-state index contributed by atoms with van der Waals surface area (Å²) in [5.74, 6) is 0.853. The minimum atomic E-state index is -0.519. The third-order valence-electron chi connectivity index (χ3n) is 5.63. The number of nitrogens with one attached hydrogen (secondary N) is 2. The molecule has 1 aliphatic rings. The van der Waals surface area contributed by atoms with Crippen molar-refractivity contribution in [3.05, 3.63) is 50.4 Å². The van der Waals surface area contributed by atoms with Crippen molar-refractivity contribution in [2.24, 2.45) is 17.6 Å². The Balaban J connectivity index is 1.69. The predicted molar refractivity (Wildman–Crippen MR) is 115 cm³/mol. The van der Waals surface area contributed by atoms with E-state index in [-0.39, 0.29) is 24.0 Å². The first-order chi connectivity index (χ1) is 14.4. The van der Waals surface area contributed by atoms with Crippen molar-refractivity contribution in [1.29, 1.82) is 0 Å². The molecule has 4 N–H and O–H groups in total. The zero-order valence-corrected chi connectivity index (χ0v) is 17.6. The number of rotatable bonds is 8. The van der Waals surface area contributed by atoms with Gasteiger partial charge in [-0.05, 0) is 62.6 Å². The van der Waals surface area contributed by atoms with Crippen LogP contribution in [0.2, 0.25) is 5.02 Å². The average Bonchev–Trinajstić information content (AvgIpc) is 2.75. The van der Waals surface area contributed by atoms with Gasteiger partial charge in [-0.15, -0.1) is 0 Å². The maximum absolute atomic E-state index is 14.1. The number of benzene rings is 1. The quantitative estimate of drug-likeness (QED) is 0.417. The summed E-state index contributed by atoms with van der Waals surface area (Å²) in [5.41, 5.74) is 6.59. The summed E-state index contributed by atoms with van der Waals surface area (Å²) in [6.45, 7) is 3.15. The highest BCUT2D eigenvalue weighted by Crippen LogP contribution is 2.30. The standard InChI is InChI=1S/C20H26ClFN6O2/c1-12-2-7-16(22)15(18(12)21)10-25-20-26-11-17(28(29)30)19(27-20)24-9-14-5-3-13(8-23)4-6-14/h2,7,11,13-14H,3-6,8-10,23H2,1H3,(H2,24,25,26,27). The predicted octanol–water partition coefficient (Wildman–Crippen LogP) is 4.27. The lowest BCUT2D eigenvalue weighted by Crippen LogP contribution is -2.25. The molecule has 1 fully saturated rings. The summed E-state index contributed by atoms with van der Waals surface area (Å²) < 4.78 is 14.1. The molecule has 1 aliphatic carbocycles. The monoisotopic (exact) mass is 436 g/mol. The van der Waals surface area contributed by atoms with Crippen LogP contribution in [0, 0.1) is 34.7 Å². The maximum atomic E-state index is 14.1. The van der Waals surface area contributed by atoms with E-state index in [1.807, 2.05) is 0 Å². The number of hydrogen-bond donors (Lipinski definition) is 3. The van der Waals surface area contributed by atoms with Crippen molar-refractivity contribution >= 4 is 29.1 Å². The van der Waals surface area contributed by atoms with Crippen LogP contribution >= 0.6 is 11.6 Å². The van der Waals surface area contributed by atoms with E-state index in [4.69, 9.17) is 17.3 Å².